The monoisotopic (exact) mass is 249 g/mol. The van der Waals surface area contributed by atoms with Crippen molar-refractivity contribution in [2.45, 2.75) is 25.5 Å². The van der Waals surface area contributed by atoms with Crippen molar-refractivity contribution in [3.63, 3.8) is 0 Å². The standard InChI is InChI=1S/C13H19N3O2/c1-10(12-4-2-3-5-15-12)16-13(17)8-11-9-14-6-7-18-11/h2-5,10-11,14H,6-9H2,1H3,(H,16,17)/t10-,11?/m0/s1. The molecule has 5 nitrogen and oxygen atoms in total. The molecular weight excluding hydrogens is 230 g/mol. The van der Waals surface area contributed by atoms with Crippen molar-refractivity contribution >= 4 is 5.91 Å². The predicted octanol–water partition coefficient (Wildman–Crippen LogP) is 0.637. The van der Waals surface area contributed by atoms with Crippen LogP contribution in [-0.2, 0) is 9.53 Å². The van der Waals surface area contributed by atoms with Gasteiger partial charge in [0.05, 0.1) is 30.9 Å². The van der Waals surface area contributed by atoms with Gasteiger partial charge >= 0.3 is 0 Å². The van der Waals surface area contributed by atoms with Gasteiger partial charge in [0, 0.05) is 19.3 Å². The van der Waals surface area contributed by atoms with E-state index in [-0.39, 0.29) is 18.1 Å². The van der Waals surface area contributed by atoms with E-state index in [1.807, 2.05) is 25.1 Å². The van der Waals surface area contributed by atoms with Gasteiger partial charge in [0.2, 0.25) is 5.91 Å². The van der Waals surface area contributed by atoms with Gasteiger partial charge in [-0.25, -0.2) is 0 Å². The first-order valence-corrected chi connectivity index (χ1v) is 6.28. The number of amides is 1. The van der Waals surface area contributed by atoms with Crippen LogP contribution in [0.4, 0.5) is 0 Å². The van der Waals surface area contributed by atoms with E-state index in [0.717, 1.165) is 18.8 Å². The highest BCUT2D eigenvalue weighted by Crippen LogP contribution is 2.09. The van der Waals surface area contributed by atoms with Crippen LogP contribution in [0.1, 0.15) is 25.1 Å². The Hall–Kier alpha value is -1.46. The Kier molecular flexibility index (Phi) is 4.66. The number of carbonyl (C=O) groups excluding carboxylic acids is 1. The van der Waals surface area contributed by atoms with Crippen molar-refractivity contribution in [3.05, 3.63) is 30.1 Å². The van der Waals surface area contributed by atoms with Crippen molar-refractivity contribution in [1.29, 1.82) is 0 Å². The normalized spacial score (nSPS) is 21.3. The molecule has 2 rings (SSSR count). The number of ether oxygens (including phenoxy) is 1. The zero-order chi connectivity index (χ0) is 12.8. The maximum atomic E-state index is 11.8. The van der Waals surface area contributed by atoms with E-state index in [0.29, 0.717) is 13.0 Å². The number of hydrogen-bond donors (Lipinski definition) is 2. The third kappa shape index (κ3) is 3.78. The minimum absolute atomic E-state index is 0.00172. The minimum atomic E-state index is -0.0738. The van der Waals surface area contributed by atoms with Crippen LogP contribution in [0.25, 0.3) is 0 Å². The van der Waals surface area contributed by atoms with E-state index in [1.54, 1.807) is 6.20 Å². The summed E-state index contributed by atoms with van der Waals surface area (Å²) in [5.74, 6) is 0.00172. The largest absolute Gasteiger partial charge is 0.375 e. The number of aromatic nitrogens is 1. The highest BCUT2D eigenvalue weighted by Gasteiger charge is 2.18. The fourth-order valence-electron chi connectivity index (χ4n) is 1.96. The first kappa shape index (κ1) is 13.0. The minimum Gasteiger partial charge on any atom is -0.375 e. The van der Waals surface area contributed by atoms with Crippen molar-refractivity contribution in [2.75, 3.05) is 19.7 Å². The molecule has 1 aromatic heterocycles. The van der Waals surface area contributed by atoms with Gasteiger partial charge in [-0.15, -0.1) is 0 Å². The summed E-state index contributed by atoms with van der Waals surface area (Å²) in [6, 6.07) is 5.61. The van der Waals surface area contributed by atoms with Gasteiger partial charge in [0.25, 0.3) is 0 Å². The summed E-state index contributed by atoms with van der Waals surface area (Å²) in [6.07, 6.45) is 2.10. The van der Waals surface area contributed by atoms with Crippen LogP contribution < -0.4 is 10.6 Å². The molecule has 1 saturated heterocycles. The van der Waals surface area contributed by atoms with Crippen LogP contribution >= 0.6 is 0 Å². The van der Waals surface area contributed by atoms with Crippen molar-refractivity contribution in [1.82, 2.24) is 15.6 Å². The number of morpholine rings is 1. The summed E-state index contributed by atoms with van der Waals surface area (Å²) in [6.45, 7) is 4.21. The summed E-state index contributed by atoms with van der Waals surface area (Å²) in [7, 11) is 0. The molecule has 1 unspecified atom stereocenters. The molecule has 1 aliphatic heterocycles. The van der Waals surface area contributed by atoms with Crippen LogP contribution in [0.15, 0.2) is 24.4 Å². The Balaban J connectivity index is 1.80. The van der Waals surface area contributed by atoms with Gasteiger partial charge in [-0.1, -0.05) is 6.07 Å². The second-order valence-corrected chi connectivity index (χ2v) is 4.44. The fourth-order valence-corrected chi connectivity index (χ4v) is 1.96. The topological polar surface area (TPSA) is 63.2 Å². The average Bonchev–Trinajstić information content (AvgIpc) is 2.40. The first-order valence-electron chi connectivity index (χ1n) is 6.28. The molecule has 0 aromatic carbocycles. The maximum Gasteiger partial charge on any atom is 0.223 e. The van der Waals surface area contributed by atoms with Crippen molar-refractivity contribution in [2.24, 2.45) is 0 Å². The number of rotatable bonds is 4. The lowest BCUT2D eigenvalue weighted by molar-refractivity contribution is -0.125. The Labute approximate surface area is 107 Å². The molecule has 0 bridgehead atoms. The number of nitrogens with one attached hydrogen (secondary N) is 2. The number of carbonyl (C=O) groups is 1. The Morgan fingerprint density at radius 2 is 2.56 bits per heavy atom. The van der Waals surface area contributed by atoms with Crippen LogP contribution in [0.3, 0.4) is 0 Å². The lowest BCUT2D eigenvalue weighted by Gasteiger charge is -2.23. The molecule has 1 fully saturated rings. The second kappa shape index (κ2) is 6.47. The van der Waals surface area contributed by atoms with E-state index in [4.69, 9.17) is 4.74 Å². The fraction of sp³-hybridized carbons (Fsp3) is 0.538. The molecular formula is C13H19N3O2. The van der Waals surface area contributed by atoms with Gasteiger partial charge in [-0.2, -0.15) is 0 Å². The lowest BCUT2D eigenvalue weighted by atomic mass is 10.1. The van der Waals surface area contributed by atoms with Crippen molar-refractivity contribution < 1.29 is 9.53 Å². The lowest BCUT2D eigenvalue weighted by Crippen LogP contribution is -2.41. The molecule has 0 radical (unpaired) electrons. The molecule has 2 atom stereocenters. The van der Waals surface area contributed by atoms with Gasteiger partial charge in [-0.3, -0.25) is 9.78 Å². The number of hydrogen-bond acceptors (Lipinski definition) is 4. The molecule has 18 heavy (non-hydrogen) atoms. The smallest absolute Gasteiger partial charge is 0.223 e. The summed E-state index contributed by atoms with van der Waals surface area (Å²) in [5.41, 5.74) is 0.869. The third-order valence-corrected chi connectivity index (χ3v) is 2.93. The first-order chi connectivity index (χ1) is 8.75. The third-order valence-electron chi connectivity index (χ3n) is 2.93. The number of nitrogens with zero attached hydrogens (tertiary/aromatic N) is 1. The summed E-state index contributed by atoms with van der Waals surface area (Å²) < 4.78 is 5.50. The summed E-state index contributed by atoms with van der Waals surface area (Å²) in [4.78, 5) is 16.1. The molecule has 0 aliphatic carbocycles. The molecule has 1 amide bonds. The van der Waals surface area contributed by atoms with E-state index >= 15 is 0 Å². The second-order valence-electron chi connectivity index (χ2n) is 4.44. The van der Waals surface area contributed by atoms with Gasteiger partial charge in [0.15, 0.2) is 0 Å². The Morgan fingerprint density at radius 3 is 3.22 bits per heavy atom. The van der Waals surface area contributed by atoms with Gasteiger partial charge in [0.1, 0.15) is 0 Å². The van der Waals surface area contributed by atoms with Gasteiger partial charge < -0.3 is 15.4 Å². The average molecular weight is 249 g/mol. The number of pyridine rings is 1. The molecule has 0 saturated carbocycles. The molecule has 1 aliphatic rings. The zero-order valence-electron chi connectivity index (χ0n) is 10.6. The van der Waals surface area contributed by atoms with Crippen molar-refractivity contribution in [3.8, 4) is 0 Å². The van der Waals surface area contributed by atoms with Crippen LogP contribution in [0.5, 0.6) is 0 Å². The molecule has 2 N–H and O–H groups in total. The summed E-state index contributed by atoms with van der Waals surface area (Å²) in [5, 5.41) is 6.14. The Morgan fingerprint density at radius 1 is 1.67 bits per heavy atom. The SMILES string of the molecule is C[C@H](NC(=O)CC1CNCCO1)c1ccccn1. The van der Waals surface area contributed by atoms with Crippen LogP contribution in [-0.4, -0.2) is 36.7 Å². The summed E-state index contributed by atoms with van der Waals surface area (Å²) >= 11 is 0. The Bertz CT molecular complexity index is 377. The maximum absolute atomic E-state index is 11.8. The molecule has 2 heterocycles. The molecule has 1 aromatic rings. The highest BCUT2D eigenvalue weighted by molar-refractivity contribution is 5.76. The molecule has 98 valence electrons. The van der Waals surface area contributed by atoms with Gasteiger partial charge in [-0.05, 0) is 19.1 Å². The van der Waals surface area contributed by atoms with E-state index in [9.17, 15) is 4.79 Å². The van der Waals surface area contributed by atoms with E-state index in [2.05, 4.69) is 15.6 Å². The van der Waals surface area contributed by atoms with Crippen LogP contribution in [0, 0.1) is 0 Å². The zero-order valence-corrected chi connectivity index (χ0v) is 10.6. The quantitative estimate of drug-likeness (QED) is 0.822. The molecule has 0 spiro atoms. The van der Waals surface area contributed by atoms with E-state index < -0.39 is 0 Å². The van der Waals surface area contributed by atoms with E-state index in [1.165, 1.54) is 0 Å². The molecule has 5 heteroatoms. The van der Waals surface area contributed by atoms with Crippen LogP contribution in [0.2, 0.25) is 0 Å². The highest BCUT2D eigenvalue weighted by atomic mass is 16.5. The predicted molar refractivity (Wildman–Crippen MR) is 68.0 cm³/mol.